The quantitative estimate of drug-likeness (QED) is 0.793. The normalized spacial score (nSPS) is 10.3. The van der Waals surface area contributed by atoms with Crippen molar-refractivity contribution in [2.45, 2.75) is 6.61 Å². The SMILES string of the molecule is C=CCOc1c(CO)ccc2ccccc12. The average Bonchev–Trinajstić information content (AvgIpc) is 2.35. The first kappa shape index (κ1) is 10.7. The first-order chi connectivity index (χ1) is 7.86. The van der Waals surface area contributed by atoms with Crippen LogP contribution in [0.5, 0.6) is 5.75 Å². The standard InChI is InChI=1S/C14H14O2/c1-2-9-16-14-12(10-15)8-7-11-5-3-4-6-13(11)14/h2-8,15H,1,9-10H2. The first-order valence-electron chi connectivity index (χ1n) is 5.22. The molecule has 0 saturated carbocycles. The number of fused-ring (bicyclic) bond motifs is 1. The van der Waals surface area contributed by atoms with Gasteiger partial charge in [0.2, 0.25) is 0 Å². The number of hydrogen-bond donors (Lipinski definition) is 1. The largest absolute Gasteiger partial charge is 0.489 e. The third kappa shape index (κ3) is 1.92. The molecule has 0 unspecified atom stereocenters. The molecule has 0 spiro atoms. The van der Waals surface area contributed by atoms with Gasteiger partial charge in [0.25, 0.3) is 0 Å². The molecule has 0 aliphatic carbocycles. The fourth-order valence-electron chi connectivity index (χ4n) is 1.73. The highest BCUT2D eigenvalue weighted by atomic mass is 16.5. The molecule has 1 N–H and O–H groups in total. The van der Waals surface area contributed by atoms with Crippen molar-refractivity contribution in [3.63, 3.8) is 0 Å². The van der Waals surface area contributed by atoms with Crippen molar-refractivity contribution in [2.75, 3.05) is 6.61 Å². The zero-order valence-corrected chi connectivity index (χ0v) is 9.02. The van der Waals surface area contributed by atoms with Crippen molar-refractivity contribution < 1.29 is 9.84 Å². The number of ether oxygens (including phenoxy) is 1. The molecular weight excluding hydrogens is 200 g/mol. The highest BCUT2D eigenvalue weighted by Crippen LogP contribution is 2.29. The minimum Gasteiger partial charge on any atom is -0.489 e. The van der Waals surface area contributed by atoms with E-state index in [0.717, 1.165) is 22.1 Å². The Morgan fingerprint density at radius 1 is 1.19 bits per heavy atom. The highest BCUT2D eigenvalue weighted by Gasteiger charge is 2.07. The van der Waals surface area contributed by atoms with Crippen LogP contribution in [0, 0.1) is 0 Å². The minimum atomic E-state index is -0.0166. The van der Waals surface area contributed by atoms with Crippen LogP contribution in [0.1, 0.15) is 5.56 Å². The monoisotopic (exact) mass is 214 g/mol. The fraction of sp³-hybridized carbons (Fsp3) is 0.143. The van der Waals surface area contributed by atoms with Crippen LogP contribution in [0.25, 0.3) is 10.8 Å². The van der Waals surface area contributed by atoms with Crippen LogP contribution in [0.4, 0.5) is 0 Å². The van der Waals surface area contributed by atoms with E-state index >= 15 is 0 Å². The van der Waals surface area contributed by atoms with Crippen LogP contribution in [-0.4, -0.2) is 11.7 Å². The number of benzene rings is 2. The molecule has 0 fully saturated rings. The molecule has 82 valence electrons. The second kappa shape index (κ2) is 4.81. The van der Waals surface area contributed by atoms with Crippen molar-refractivity contribution in [3.8, 4) is 5.75 Å². The van der Waals surface area contributed by atoms with Gasteiger partial charge in [-0.15, -0.1) is 0 Å². The zero-order valence-electron chi connectivity index (χ0n) is 9.02. The van der Waals surface area contributed by atoms with E-state index in [1.54, 1.807) is 6.08 Å². The van der Waals surface area contributed by atoms with Crippen molar-refractivity contribution >= 4 is 10.8 Å². The van der Waals surface area contributed by atoms with E-state index in [0.29, 0.717) is 6.61 Å². The van der Waals surface area contributed by atoms with E-state index in [2.05, 4.69) is 6.58 Å². The zero-order chi connectivity index (χ0) is 11.4. The number of aliphatic hydroxyl groups excluding tert-OH is 1. The fourth-order valence-corrected chi connectivity index (χ4v) is 1.73. The Balaban J connectivity index is 2.58. The van der Waals surface area contributed by atoms with Crippen molar-refractivity contribution in [1.82, 2.24) is 0 Å². The van der Waals surface area contributed by atoms with E-state index in [1.807, 2.05) is 36.4 Å². The van der Waals surface area contributed by atoms with Crippen LogP contribution in [0.2, 0.25) is 0 Å². The molecule has 0 bridgehead atoms. The van der Waals surface area contributed by atoms with E-state index in [1.165, 1.54) is 0 Å². The van der Waals surface area contributed by atoms with Gasteiger partial charge in [0, 0.05) is 10.9 Å². The van der Waals surface area contributed by atoms with Gasteiger partial charge >= 0.3 is 0 Å². The van der Waals surface area contributed by atoms with Gasteiger partial charge < -0.3 is 9.84 Å². The van der Waals surface area contributed by atoms with Crippen molar-refractivity contribution in [1.29, 1.82) is 0 Å². The highest BCUT2D eigenvalue weighted by molar-refractivity contribution is 5.89. The summed E-state index contributed by atoms with van der Waals surface area (Å²) in [5, 5.41) is 11.4. The molecule has 2 rings (SSSR count). The summed E-state index contributed by atoms with van der Waals surface area (Å²) in [5.41, 5.74) is 0.806. The predicted octanol–water partition coefficient (Wildman–Crippen LogP) is 2.90. The Morgan fingerprint density at radius 3 is 2.75 bits per heavy atom. The van der Waals surface area contributed by atoms with Gasteiger partial charge in [0.15, 0.2) is 0 Å². The Morgan fingerprint density at radius 2 is 2.00 bits per heavy atom. The molecular formula is C14H14O2. The van der Waals surface area contributed by atoms with Crippen LogP contribution in [0.3, 0.4) is 0 Å². The summed E-state index contributed by atoms with van der Waals surface area (Å²) < 4.78 is 5.61. The lowest BCUT2D eigenvalue weighted by atomic mass is 10.1. The van der Waals surface area contributed by atoms with E-state index in [9.17, 15) is 5.11 Å². The van der Waals surface area contributed by atoms with Gasteiger partial charge in [-0.05, 0) is 5.39 Å². The molecule has 0 atom stereocenters. The molecule has 0 radical (unpaired) electrons. The molecule has 2 heteroatoms. The summed E-state index contributed by atoms with van der Waals surface area (Å²) in [6.07, 6.45) is 1.70. The molecule has 0 amide bonds. The van der Waals surface area contributed by atoms with Crippen molar-refractivity contribution in [2.24, 2.45) is 0 Å². The van der Waals surface area contributed by atoms with Crippen molar-refractivity contribution in [3.05, 3.63) is 54.6 Å². The molecule has 0 aliphatic rings. The van der Waals surface area contributed by atoms with Crippen LogP contribution >= 0.6 is 0 Å². The van der Waals surface area contributed by atoms with Crippen LogP contribution in [0.15, 0.2) is 49.1 Å². The molecule has 16 heavy (non-hydrogen) atoms. The molecule has 0 saturated heterocycles. The van der Waals surface area contributed by atoms with E-state index in [-0.39, 0.29) is 6.61 Å². The summed E-state index contributed by atoms with van der Waals surface area (Å²) in [7, 11) is 0. The van der Waals surface area contributed by atoms with Crippen LogP contribution in [-0.2, 0) is 6.61 Å². The Kier molecular flexibility index (Phi) is 3.22. The summed E-state index contributed by atoms with van der Waals surface area (Å²) in [4.78, 5) is 0. The summed E-state index contributed by atoms with van der Waals surface area (Å²) in [5.74, 6) is 0.750. The summed E-state index contributed by atoms with van der Waals surface area (Å²) in [6.45, 7) is 4.05. The number of hydrogen-bond acceptors (Lipinski definition) is 2. The Labute approximate surface area is 94.8 Å². The lowest BCUT2D eigenvalue weighted by Gasteiger charge is -2.11. The third-order valence-electron chi connectivity index (χ3n) is 2.48. The maximum atomic E-state index is 9.27. The van der Waals surface area contributed by atoms with Gasteiger partial charge in [-0.2, -0.15) is 0 Å². The second-order valence-corrected chi connectivity index (χ2v) is 3.53. The Hall–Kier alpha value is -1.80. The van der Waals surface area contributed by atoms with Crippen LogP contribution < -0.4 is 4.74 Å². The van der Waals surface area contributed by atoms with Gasteiger partial charge in [0.05, 0.1) is 6.61 Å². The van der Waals surface area contributed by atoms with Gasteiger partial charge in [-0.3, -0.25) is 0 Å². The summed E-state index contributed by atoms with van der Waals surface area (Å²) >= 11 is 0. The molecule has 2 aromatic rings. The lowest BCUT2D eigenvalue weighted by Crippen LogP contribution is -1.98. The third-order valence-corrected chi connectivity index (χ3v) is 2.48. The van der Waals surface area contributed by atoms with Gasteiger partial charge in [-0.25, -0.2) is 0 Å². The molecule has 2 aromatic carbocycles. The van der Waals surface area contributed by atoms with E-state index in [4.69, 9.17) is 4.74 Å². The molecule has 2 nitrogen and oxygen atoms in total. The lowest BCUT2D eigenvalue weighted by molar-refractivity contribution is 0.271. The number of aliphatic hydroxyl groups is 1. The second-order valence-electron chi connectivity index (χ2n) is 3.53. The average molecular weight is 214 g/mol. The smallest absolute Gasteiger partial charge is 0.133 e. The maximum Gasteiger partial charge on any atom is 0.133 e. The minimum absolute atomic E-state index is 0.0166. The summed E-state index contributed by atoms with van der Waals surface area (Å²) in [6, 6.07) is 11.8. The van der Waals surface area contributed by atoms with Gasteiger partial charge in [-0.1, -0.05) is 49.1 Å². The maximum absolute atomic E-state index is 9.27. The number of rotatable bonds is 4. The molecule has 0 aliphatic heterocycles. The van der Waals surface area contributed by atoms with E-state index < -0.39 is 0 Å². The molecule has 0 aromatic heterocycles. The van der Waals surface area contributed by atoms with Gasteiger partial charge in [0.1, 0.15) is 12.4 Å². The predicted molar refractivity (Wildman–Crippen MR) is 65.6 cm³/mol. The Bertz CT molecular complexity index is 503. The molecule has 0 heterocycles. The topological polar surface area (TPSA) is 29.5 Å². The first-order valence-corrected chi connectivity index (χ1v) is 5.22.